The molecule has 0 bridgehead atoms. The van der Waals surface area contributed by atoms with Gasteiger partial charge < -0.3 is 9.47 Å². The molecule has 0 fully saturated rings. The largest absolute Gasteiger partial charge is 0.476 e. The van der Waals surface area contributed by atoms with Crippen LogP contribution in [0.5, 0.6) is 5.88 Å². The van der Waals surface area contributed by atoms with Crippen LogP contribution in [0.4, 0.5) is 4.79 Å². The highest BCUT2D eigenvalue weighted by molar-refractivity contribution is 5.69. The fraction of sp³-hybridized carbons (Fsp3) is 0.538. The van der Waals surface area contributed by atoms with Gasteiger partial charge in [-0.05, 0) is 27.7 Å². The lowest BCUT2D eigenvalue weighted by Gasteiger charge is -2.18. The molecule has 1 aromatic heterocycles. The van der Waals surface area contributed by atoms with Gasteiger partial charge in [-0.15, -0.1) is 11.7 Å². The summed E-state index contributed by atoms with van der Waals surface area (Å²) in [5.41, 5.74) is 0.505. The van der Waals surface area contributed by atoms with Crippen molar-refractivity contribution in [1.82, 2.24) is 9.78 Å². The van der Waals surface area contributed by atoms with E-state index in [1.54, 1.807) is 26.8 Å². The molecular formula is C13H20N2O3. The first-order valence-electron chi connectivity index (χ1n) is 5.84. The molecular weight excluding hydrogens is 232 g/mol. The molecule has 0 atom stereocenters. The quantitative estimate of drug-likeness (QED) is 0.773. The number of carbonyl (C=O) groups excluding carboxylic acids is 1. The highest BCUT2D eigenvalue weighted by Crippen LogP contribution is 2.11. The molecule has 0 saturated heterocycles. The summed E-state index contributed by atoms with van der Waals surface area (Å²) in [6.07, 6.45) is 1.76. The standard InChI is InChI=1S/C13H20N2O3/c1-10(2)7-9-17-11-6-8-15(14-11)12(16)18-13(3,4)5/h6,8H,1,7,9H2,2-5H3. The Morgan fingerprint density at radius 1 is 1.50 bits per heavy atom. The molecule has 0 aliphatic heterocycles. The fourth-order valence-electron chi connectivity index (χ4n) is 1.12. The maximum Gasteiger partial charge on any atom is 0.435 e. The van der Waals surface area contributed by atoms with E-state index in [1.807, 2.05) is 6.92 Å². The van der Waals surface area contributed by atoms with Crippen molar-refractivity contribution in [1.29, 1.82) is 0 Å². The molecule has 0 spiro atoms. The third-order valence-corrected chi connectivity index (χ3v) is 1.92. The van der Waals surface area contributed by atoms with E-state index in [1.165, 1.54) is 6.20 Å². The van der Waals surface area contributed by atoms with Gasteiger partial charge in [0.15, 0.2) is 0 Å². The van der Waals surface area contributed by atoms with Crippen molar-refractivity contribution in [2.45, 2.75) is 39.7 Å². The Morgan fingerprint density at radius 3 is 2.72 bits per heavy atom. The SMILES string of the molecule is C=C(C)CCOc1ccn(C(=O)OC(C)(C)C)n1. The summed E-state index contributed by atoms with van der Waals surface area (Å²) in [5, 5.41) is 3.98. The highest BCUT2D eigenvalue weighted by Gasteiger charge is 2.18. The minimum absolute atomic E-state index is 0.405. The number of nitrogens with zero attached hydrogens (tertiary/aromatic N) is 2. The maximum atomic E-state index is 11.7. The Morgan fingerprint density at radius 2 is 2.17 bits per heavy atom. The average Bonchev–Trinajstić information content (AvgIpc) is 2.63. The molecule has 5 nitrogen and oxygen atoms in total. The zero-order valence-corrected chi connectivity index (χ0v) is 11.4. The Bertz CT molecular complexity index is 430. The van der Waals surface area contributed by atoms with Crippen LogP contribution in [0.3, 0.4) is 0 Å². The van der Waals surface area contributed by atoms with Crippen molar-refractivity contribution in [2.24, 2.45) is 0 Å². The molecule has 1 heterocycles. The van der Waals surface area contributed by atoms with Crippen molar-refractivity contribution in [3.63, 3.8) is 0 Å². The summed E-state index contributed by atoms with van der Waals surface area (Å²) in [5.74, 6) is 0.405. The van der Waals surface area contributed by atoms with Gasteiger partial charge in [0, 0.05) is 18.7 Å². The fourth-order valence-corrected chi connectivity index (χ4v) is 1.12. The van der Waals surface area contributed by atoms with Gasteiger partial charge >= 0.3 is 6.09 Å². The van der Waals surface area contributed by atoms with Crippen molar-refractivity contribution in [3.05, 3.63) is 24.4 Å². The summed E-state index contributed by atoms with van der Waals surface area (Å²) < 4.78 is 11.7. The lowest BCUT2D eigenvalue weighted by molar-refractivity contribution is 0.0511. The Hall–Kier alpha value is -1.78. The first-order valence-corrected chi connectivity index (χ1v) is 5.84. The first kappa shape index (κ1) is 14.3. The molecule has 0 aliphatic rings. The van der Waals surface area contributed by atoms with Gasteiger partial charge in [-0.3, -0.25) is 0 Å². The zero-order chi connectivity index (χ0) is 13.8. The lowest BCUT2D eigenvalue weighted by Crippen LogP contribution is -2.27. The number of rotatable bonds is 4. The van der Waals surface area contributed by atoms with Crippen LogP contribution in [0.15, 0.2) is 24.4 Å². The number of aromatic nitrogens is 2. The molecule has 0 aromatic carbocycles. The molecule has 5 heteroatoms. The van der Waals surface area contributed by atoms with E-state index in [-0.39, 0.29) is 0 Å². The third-order valence-electron chi connectivity index (χ3n) is 1.92. The highest BCUT2D eigenvalue weighted by atomic mass is 16.6. The van der Waals surface area contributed by atoms with E-state index in [9.17, 15) is 4.79 Å². The normalized spacial score (nSPS) is 11.1. The van der Waals surface area contributed by atoms with Crippen molar-refractivity contribution >= 4 is 6.09 Å². The predicted molar refractivity (Wildman–Crippen MR) is 68.8 cm³/mol. The average molecular weight is 252 g/mol. The minimum atomic E-state index is -0.538. The Kier molecular flexibility index (Phi) is 4.53. The molecule has 0 amide bonds. The molecule has 1 aromatic rings. The molecule has 18 heavy (non-hydrogen) atoms. The molecule has 1 rings (SSSR count). The molecule has 0 unspecified atom stereocenters. The smallest absolute Gasteiger partial charge is 0.435 e. The maximum absolute atomic E-state index is 11.7. The van der Waals surface area contributed by atoms with Gasteiger partial charge in [0.1, 0.15) is 5.60 Å². The predicted octanol–water partition coefficient (Wildman–Crippen LogP) is 3.01. The second-order valence-electron chi connectivity index (χ2n) is 5.13. The topological polar surface area (TPSA) is 53.4 Å². The Labute approximate surface area is 107 Å². The monoisotopic (exact) mass is 252 g/mol. The van der Waals surface area contributed by atoms with Crippen LogP contribution in [0.25, 0.3) is 0 Å². The number of hydrogen-bond acceptors (Lipinski definition) is 4. The van der Waals surface area contributed by atoms with Crippen LogP contribution in [0, 0.1) is 0 Å². The number of hydrogen-bond donors (Lipinski definition) is 0. The van der Waals surface area contributed by atoms with E-state index in [0.29, 0.717) is 12.5 Å². The van der Waals surface area contributed by atoms with Crippen molar-refractivity contribution in [2.75, 3.05) is 6.61 Å². The van der Waals surface area contributed by atoms with E-state index >= 15 is 0 Å². The summed E-state index contributed by atoms with van der Waals surface area (Å²) >= 11 is 0. The summed E-state index contributed by atoms with van der Waals surface area (Å²) in [6, 6.07) is 1.63. The van der Waals surface area contributed by atoms with E-state index in [4.69, 9.17) is 9.47 Å². The molecule has 100 valence electrons. The van der Waals surface area contributed by atoms with Crippen LogP contribution >= 0.6 is 0 Å². The second kappa shape index (κ2) is 5.71. The number of ether oxygens (including phenoxy) is 2. The molecule has 0 saturated carbocycles. The molecule has 0 N–H and O–H groups in total. The van der Waals surface area contributed by atoms with Gasteiger partial charge in [0.05, 0.1) is 6.61 Å². The Balaban J connectivity index is 2.52. The third kappa shape index (κ3) is 5.03. The first-order chi connectivity index (χ1) is 8.28. The van der Waals surface area contributed by atoms with Crippen LogP contribution in [0.2, 0.25) is 0 Å². The van der Waals surface area contributed by atoms with Gasteiger partial charge in [0.25, 0.3) is 0 Å². The molecule has 0 radical (unpaired) electrons. The van der Waals surface area contributed by atoms with Gasteiger partial charge in [-0.25, -0.2) is 4.79 Å². The second-order valence-corrected chi connectivity index (χ2v) is 5.13. The van der Waals surface area contributed by atoms with E-state index in [2.05, 4.69) is 11.7 Å². The van der Waals surface area contributed by atoms with E-state index in [0.717, 1.165) is 16.7 Å². The van der Waals surface area contributed by atoms with E-state index < -0.39 is 11.7 Å². The lowest BCUT2D eigenvalue weighted by atomic mass is 10.2. The minimum Gasteiger partial charge on any atom is -0.476 e. The summed E-state index contributed by atoms with van der Waals surface area (Å²) in [4.78, 5) is 11.7. The number of carbonyl (C=O) groups is 1. The summed E-state index contributed by atoms with van der Waals surface area (Å²) in [6.45, 7) is 11.6. The zero-order valence-electron chi connectivity index (χ0n) is 11.4. The molecule has 0 aliphatic carbocycles. The van der Waals surface area contributed by atoms with Crippen LogP contribution in [0.1, 0.15) is 34.1 Å². The van der Waals surface area contributed by atoms with Crippen molar-refractivity contribution < 1.29 is 14.3 Å². The van der Waals surface area contributed by atoms with Crippen LogP contribution < -0.4 is 4.74 Å². The van der Waals surface area contributed by atoms with Gasteiger partial charge in [-0.2, -0.15) is 4.68 Å². The van der Waals surface area contributed by atoms with Gasteiger partial charge in [-0.1, -0.05) is 5.57 Å². The van der Waals surface area contributed by atoms with Crippen LogP contribution in [-0.4, -0.2) is 28.1 Å². The summed E-state index contributed by atoms with van der Waals surface area (Å²) in [7, 11) is 0. The van der Waals surface area contributed by atoms with Crippen LogP contribution in [-0.2, 0) is 4.74 Å². The van der Waals surface area contributed by atoms with Gasteiger partial charge in [0.2, 0.25) is 5.88 Å². The van der Waals surface area contributed by atoms with Crippen molar-refractivity contribution in [3.8, 4) is 5.88 Å².